The van der Waals surface area contributed by atoms with E-state index in [1.165, 1.54) is 35.2 Å². The fraction of sp³-hybridized carbons (Fsp3) is 0.310. The Kier molecular flexibility index (Phi) is 10.3. The van der Waals surface area contributed by atoms with Crippen LogP contribution in [0, 0.1) is 12.7 Å². The summed E-state index contributed by atoms with van der Waals surface area (Å²) >= 11 is 3.37. The molecule has 39 heavy (non-hydrogen) atoms. The first-order valence-corrected chi connectivity index (χ1v) is 14.9. The van der Waals surface area contributed by atoms with E-state index in [2.05, 4.69) is 21.2 Å². The molecule has 0 aliphatic heterocycles. The minimum Gasteiger partial charge on any atom is -0.352 e. The summed E-state index contributed by atoms with van der Waals surface area (Å²) in [7, 11) is -4.18. The van der Waals surface area contributed by atoms with Crippen molar-refractivity contribution in [3.8, 4) is 0 Å². The molecular formula is C29H33BrFN3O4S. The smallest absolute Gasteiger partial charge is 0.264 e. The summed E-state index contributed by atoms with van der Waals surface area (Å²) in [5.41, 5.74) is 1.36. The van der Waals surface area contributed by atoms with E-state index >= 15 is 0 Å². The maximum absolute atomic E-state index is 14.6. The molecule has 0 fully saturated rings. The molecule has 208 valence electrons. The van der Waals surface area contributed by atoms with Crippen molar-refractivity contribution in [3.05, 3.63) is 94.2 Å². The number of hydrogen-bond donors (Lipinski definition) is 1. The summed E-state index contributed by atoms with van der Waals surface area (Å²) in [5.74, 6) is -1.59. The largest absolute Gasteiger partial charge is 0.352 e. The number of amides is 2. The van der Waals surface area contributed by atoms with Crippen LogP contribution in [-0.4, -0.2) is 43.8 Å². The number of benzene rings is 3. The molecule has 0 heterocycles. The monoisotopic (exact) mass is 617 g/mol. The second kappa shape index (κ2) is 13.2. The molecular weight excluding hydrogens is 585 g/mol. The number of hydrogen-bond acceptors (Lipinski definition) is 4. The van der Waals surface area contributed by atoms with Crippen molar-refractivity contribution in [3.63, 3.8) is 0 Å². The molecule has 0 aromatic heterocycles. The van der Waals surface area contributed by atoms with Crippen LogP contribution in [0.1, 0.15) is 38.3 Å². The Morgan fingerprint density at radius 1 is 1.00 bits per heavy atom. The van der Waals surface area contributed by atoms with Gasteiger partial charge in [-0.25, -0.2) is 12.8 Å². The van der Waals surface area contributed by atoms with Crippen molar-refractivity contribution in [1.82, 2.24) is 10.2 Å². The van der Waals surface area contributed by atoms with Crippen LogP contribution in [-0.2, 0) is 26.2 Å². The molecule has 0 radical (unpaired) electrons. The van der Waals surface area contributed by atoms with Crippen molar-refractivity contribution in [2.24, 2.45) is 0 Å². The second-order valence-electron chi connectivity index (χ2n) is 9.41. The molecule has 0 saturated heterocycles. The van der Waals surface area contributed by atoms with E-state index in [0.29, 0.717) is 10.9 Å². The minimum atomic E-state index is -4.18. The first-order chi connectivity index (χ1) is 18.4. The van der Waals surface area contributed by atoms with Crippen LogP contribution in [0.25, 0.3) is 0 Å². The Hall–Kier alpha value is -3.24. The number of carbonyl (C=O) groups excluding carboxylic acids is 2. The number of nitrogens with one attached hydrogen (secondary N) is 1. The molecule has 0 aliphatic rings. The van der Waals surface area contributed by atoms with Crippen LogP contribution in [0.15, 0.2) is 82.2 Å². The number of nitrogens with zero attached hydrogens (tertiary/aromatic N) is 2. The highest BCUT2D eigenvalue weighted by molar-refractivity contribution is 9.10. The lowest BCUT2D eigenvalue weighted by Crippen LogP contribution is -2.52. The highest BCUT2D eigenvalue weighted by Gasteiger charge is 2.33. The van der Waals surface area contributed by atoms with Gasteiger partial charge in [0, 0.05) is 22.6 Å². The third kappa shape index (κ3) is 7.67. The zero-order chi connectivity index (χ0) is 28.7. The maximum Gasteiger partial charge on any atom is 0.264 e. The lowest BCUT2D eigenvalue weighted by Gasteiger charge is -2.32. The Labute approximate surface area is 238 Å². The molecule has 0 aliphatic carbocycles. The summed E-state index contributed by atoms with van der Waals surface area (Å²) in [5, 5.41) is 2.85. The lowest BCUT2D eigenvalue weighted by atomic mass is 10.1. The van der Waals surface area contributed by atoms with E-state index in [1.807, 2.05) is 20.8 Å². The van der Waals surface area contributed by atoms with E-state index in [9.17, 15) is 22.4 Å². The second-order valence-corrected chi connectivity index (χ2v) is 12.2. The van der Waals surface area contributed by atoms with E-state index in [1.54, 1.807) is 49.4 Å². The van der Waals surface area contributed by atoms with Gasteiger partial charge in [0.2, 0.25) is 11.8 Å². The molecule has 10 heteroatoms. The van der Waals surface area contributed by atoms with Gasteiger partial charge in [0.1, 0.15) is 18.4 Å². The van der Waals surface area contributed by atoms with Gasteiger partial charge in [-0.2, -0.15) is 0 Å². The van der Waals surface area contributed by atoms with Crippen LogP contribution >= 0.6 is 15.9 Å². The molecule has 0 bridgehead atoms. The SMILES string of the molecule is CC[C@@H](C)NC(=O)[C@@H](C)N(Cc1ccccc1F)C(=O)CN(c1cccc(Br)c1)S(=O)(=O)c1ccc(C)cc1. The van der Waals surface area contributed by atoms with E-state index in [-0.39, 0.29) is 28.7 Å². The molecule has 3 aromatic carbocycles. The molecule has 1 N–H and O–H groups in total. The zero-order valence-corrected chi connectivity index (χ0v) is 24.8. The van der Waals surface area contributed by atoms with Gasteiger partial charge in [0.15, 0.2) is 0 Å². The normalized spacial score (nSPS) is 12.9. The van der Waals surface area contributed by atoms with Gasteiger partial charge in [-0.15, -0.1) is 0 Å². The minimum absolute atomic E-state index is 0.0177. The standard InChI is InChI=1S/C29H33BrFN3O4S/c1-5-21(3)32-29(36)22(4)33(18-23-9-6-7-12-27(23)31)28(35)19-34(25-11-8-10-24(30)17-25)39(37,38)26-15-13-20(2)14-16-26/h6-17,21-22H,5,18-19H2,1-4H3,(H,32,36)/t21-,22-/m1/s1. The topological polar surface area (TPSA) is 86.8 Å². The van der Waals surface area contributed by atoms with Crippen LogP contribution in [0.3, 0.4) is 0 Å². The van der Waals surface area contributed by atoms with Crippen molar-refractivity contribution < 1.29 is 22.4 Å². The fourth-order valence-electron chi connectivity index (χ4n) is 3.86. The Bertz CT molecular complexity index is 1420. The van der Waals surface area contributed by atoms with E-state index in [0.717, 1.165) is 9.87 Å². The molecule has 0 saturated carbocycles. The number of anilines is 1. The summed E-state index contributed by atoms with van der Waals surface area (Å²) in [6.45, 7) is 6.35. The number of aryl methyl sites for hydroxylation is 1. The summed E-state index contributed by atoms with van der Waals surface area (Å²) in [6.07, 6.45) is 0.686. The van der Waals surface area contributed by atoms with Gasteiger partial charge in [-0.3, -0.25) is 13.9 Å². The van der Waals surface area contributed by atoms with Gasteiger partial charge in [0.05, 0.1) is 10.6 Å². The quantitative estimate of drug-likeness (QED) is 0.311. The summed E-state index contributed by atoms with van der Waals surface area (Å²) < 4.78 is 43.9. The predicted octanol–water partition coefficient (Wildman–Crippen LogP) is 5.42. The number of sulfonamides is 1. The molecule has 2 atom stereocenters. The Morgan fingerprint density at radius 2 is 1.67 bits per heavy atom. The molecule has 2 amide bonds. The Balaban J connectivity index is 2.04. The van der Waals surface area contributed by atoms with Gasteiger partial charge < -0.3 is 10.2 Å². The average molecular weight is 619 g/mol. The van der Waals surface area contributed by atoms with E-state index < -0.39 is 40.2 Å². The zero-order valence-electron chi connectivity index (χ0n) is 22.4. The van der Waals surface area contributed by atoms with Crippen molar-refractivity contribution in [2.75, 3.05) is 10.8 Å². The highest BCUT2D eigenvalue weighted by Crippen LogP contribution is 2.27. The first-order valence-electron chi connectivity index (χ1n) is 12.6. The molecule has 3 aromatic rings. The van der Waals surface area contributed by atoms with Crippen molar-refractivity contribution in [1.29, 1.82) is 0 Å². The number of halogens is 2. The highest BCUT2D eigenvalue weighted by atomic mass is 79.9. The summed E-state index contributed by atoms with van der Waals surface area (Å²) in [4.78, 5) is 28.1. The maximum atomic E-state index is 14.6. The van der Waals surface area contributed by atoms with Gasteiger partial charge in [0.25, 0.3) is 10.0 Å². The predicted molar refractivity (Wildman–Crippen MR) is 154 cm³/mol. The van der Waals surface area contributed by atoms with Crippen LogP contribution in [0.2, 0.25) is 0 Å². The van der Waals surface area contributed by atoms with Crippen molar-refractivity contribution >= 4 is 43.5 Å². The third-order valence-corrected chi connectivity index (χ3v) is 8.73. The van der Waals surface area contributed by atoms with Crippen LogP contribution in [0.5, 0.6) is 0 Å². The molecule has 0 unspecified atom stereocenters. The Morgan fingerprint density at radius 3 is 2.28 bits per heavy atom. The third-order valence-electron chi connectivity index (χ3n) is 6.45. The molecule has 3 rings (SSSR count). The van der Waals surface area contributed by atoms with Crippen LogP contribution in [0.4, 0.5) is 10.1 Å². The van der Waals surface area contributed by atoms with E-state index in [4.69, 9.17) is 0 Å². The number of carbonyl (C=O) groups is 2. The van der Waals surface area contributed by atoms with Gasteiger partial charge in [-0.05, 0) is 63.6 Å². The first kappa shape index (κ1) is 30.3. The number of rotatable bonds is 11. The summed E-state index contributed by atoms with van der Waals surface area (Å²) in [6, 6.07) is 17.8. The molecule has 7 nitrogen and oxygen atoms in total. The van der Waals surface area contributed by atoms with Gasteiger partial charge >= 0.3 is 0 Å². The molecule has 0 spiro atoms. The van der Waals surface area contributed by atoms with Crippen molar-refractivity contribution in [2.45, 2.75) is 57.6 Å². The van der Waals surface area contributed by atoms with Gasteiger partial charge in [-0.1, -0.05) is 64.8 Å². The van der Waals surface area contributed by atoms with Crippen LogP contribution < -0.4 is 9.62 Å². The lowest BCUT2D eigenvalue weighted by molar-refractivity contribution is -0.139. The average Bonchev–Trinajstić information content (AvgIpc) is 2.90. The fourth-order valence-corrected chi connectivity index (χ4v) is 5.65.